The van der Waals surface area contributed by atoms with Crippen LogP contribution in [-0.4, -0.2) is 4.37 Å². The molecular weight excluding hydrogens is 262 g/mol. The summed E-state index contributed by atoms with van der Waals surface area (Å²) in [6.07, 6.45) is 0. The van der Waals surface area contributed by atoms with Crippen LogP contribution < -0.4 is 0 Å². The van der Waals surface area contributed by atoms with Crippen LogP contribution in [0.5, 0.6) is 0 Å². The zero-order chi connectivity index (χ0) is 12.4. The van der Waals surface area contributed by atoms with Crippen molar-refractivity contribution in [3.63, 3.8) is 0 Å². The highest BCUT2D eigenvalue weighted by Gasteiger charge is 2.06. The lowest BCUT2D eigenvalue weighted by Crippen LogP contribution is -1.74. The number of hydrogen-bond donors (Lipinski definition) is 0. The third-order valence-electron chi connectivity index (χ3n) is 2.61. The predicted octanol–water partition coefficient (Wildman–Crippen LogP) is 4.93. The minimum absolute atomic E-state index is 0.742. The fraction of sp³-hybridized carbons (Fsp3) is 0. The maximum Gasteiger partial charge on any atom is 0.0926 e. The summed E-state index contributed by atoms with van der Waals surface area (Å²) in [5, 5.41) is 0.742. The Morgan fingerprint density at radius 1 is 0.889 bits per heavy atom. The molecule has 1 nitrogen and oxygen atoms in total. The minimum atomic E-state index is 0.742. The topological polar surface area (TPSA) is 12.9 Å². The van der Waals surface area contributed by atoms with Gasteiger partial charge in [-0.2, -0.15) is 4.37 Å². The molecule has 0 unspecified atom stereocenters. The van der Waals surface area contributed by atoms with Gasteiger partial charge in [0, 0.05) is 16.7 Å². The fourth-order valence-corrected chi connectivity index (χ4v) is 2.53. The summed E-state index contributed by atoms with van der Waals surface area (Å²) in [4.78, 5) is 1.03. The van der Waals surface area contributed by atoms with Crippen molar-refractivity contribution in [3.05, 3.63) is 65.7 Å². The molecule has 3 rings (SSSR count). The van der Waals surface area contributed by atoms with E-state index < -0.39 is 0 Å². The van der Waals surface area contributed by atoms with Crippen LogP contribution in [-0.2, 0) is 0 Å². The molecule has 1 heterocycles. The molecule has 0 saturated heterocycles. The van der Waals surface area contributed by atoms with Crippen LogP contribution in [0.3, 0.4) is 0 Å². The van der Waals surface area contributed by atoms with E-state index in [9.17, 15) is 0 Å². The van der Waals surface area contributed by atoms with Crippen LogP contribution in [0.2, 0.25) is 5.02 Å². The summed E-state index contributed by atoms with van der Waals surface area (Å²) in [6.45, 7) is 0. The first kappa shape index (κ1) is 11.5. The molecule has 3 aromatic rings. The monoisotopic (exact) mass is 270 g/mol. The molecule has 0 amide bonds. The van der Waals surface area contributed by atoms with Crippen molar-refractivity contribution < 1.29 is 0 Å². The quantitative estimate of drug-likeness (QED) is 0.643. The third-order valence-corrected chi connectivity index (χ3v) is 3.66. The van der Waals surface area contributed by atoms with Gasteiger partial charge in [0.1, 0.15) is 0 Å². The van der Waals surface area contributed by atoms with E-state index in [1.54, 1.807) is 0 Å². The van der Waals surface area contributed by atoms with Crippen molar-refractivity contribution in [3.8, 4) is 21.7 Å². The van der Waals surface area contributed by atoms with E-state index >= 15 is 0 Å². The van der Waals surface area contributed by atoms with Crippen molar-refractivity contribution in [2.24, 2.45) is 0 Å². The van der Waals surface area contributed by atoms with E-state index in [-0.39, 0.29) is 0 Å². The SMILES string of the molecule is Clc1ccc(-c2[c]c(-c3ccccc3)ns2)cc1. The normalized spacial score (nSPS) is 10.5. The second-order valence-electron chi connectivity index (χ2n) is 3.86. The standard InChI is InChI=1S/C15H9ClNS/c16-13-8-6-12(7-9-13)15-10-14(17-18-15)11-4-2-1-3-5-11/h1-9H. The van der Waals surface area contributed by atoms with E-state index in [1.165, 1.54) is 11.5 Å². The first-order valence-corrected chi connectivity index (χ1v) is 6.68. The Bertz CT molecular complexity index is 644. The van der Waals surface area contributed by atoms with Crippen LogP contribution >= 0.6 is 23.1 Å². The fourth-order valence-electron chi connectivity index (χ4n) is 1.69. The molecule has 1 aromatic heterocycles. The number of aromatic nitrogens is 1. The Hall–Kier alpha value is -1.64. The van der Waals surface area contributed by atoms with Crippen molar-refractivity contribution in [2.75, 3.05) is 0 Å². The lowest BCUT2D eigenvalue weighted by molar-refractivity contribution is 1.52. The van der Waals surface area contributed by atoms with Gasteiger partial charge in [0.15, 0.2) is 0 Å². The molecule has 1 radical (unpaired) electrons. The molecule has 0 saturated carbocycles. The Morgan fingerprint density at radius 3 is 2.33 bits per heavy atom. The van der Waals surface area contributed by atoms with Gasteiger partial charge in [-0.1, -0.05) is 54.1 Å². The summed E-state index contributed by atoms with van der Waals surface area (Å²) >= 11 is 7.33. The number of nitrogens with zero attached hydrogens (tertiary/aromatic N) is 1. The largest absolute Gasteiger partial charge is 0.191 e. The van der Waals surface area contributed by atoms with E-state index in [4.69, 9.17) is 11.6 Å². The molecule has 0 spiro atoms. The van der Waals surface area contributed by atoms with Gasteiger partial charge in [0.2, 0.25) is 0 Å². The molecule has 3 heteroatoms. The maximum atomic E-state index is 5.88. The van der Waals surface area contributed by atoms with Gasteiger partial charge in [0.25, 0.3) is 0 Å². The van der Waals surface area contributed by atoms with Crippen LogP contribution in [0.4, 0.5) is 0 Å². The summed E-state index contributed by atoms with van der Waals surface area (Å²) in [5.41, 5.74) is 3.08. The first-order chi connectivity index (χ1) is 8.83. The summed E-state index contributed by atoms with van der Waals surface area (Å²) in [6, 6.07) is 21.1. The van der Waals surface area contributed by atoms with Gasteiger partial charge in [-0.05, 0) is 29.2 Å². The molecule has 87 valence electrons. The van der Waals surface area contributed by atoms with Gasteiger partial charge in [-0.3, -0.25) is 0 Å². The zero-order valence-electron chi connectivity index (χ0n) is 9.43. The molecule has 0 fully saturated rings. The van der Waals surface area contributed by atoms with Crippen molar-refractivity contribution >= 4 is 23.1 Å². The zero-order valence-corrected chi connectivity index (χ0v) is 11.0. The smallest absolute Gasteiger partial charge is 0.0926 e. The molecule has 0 aliphatic rings. The lowest BCUT2D eigenvalue weighted by atomic mass is 10.1. The first-order valence-electron chi connectivity index (χ1n) is 5.53. The predicted molar refractivity (Wildman–Crippen MR) is 76.8 cm³/mol. The molecule has 0 aliphatic heterocycles. The Balaban J connectivity index is 1.97. The Kier molecular flexibility index (Phi) is 3.13. The van der Waals surface area contributed by atoms with Crippen molar-refractivity contribution in [1.29, 1.82) is 0 Å². The van der Waals surface area contributed by atoms with Crippen LogP contribution in [0.1, 0.15) is 0 Å². The molecule has 0 aliphatic carbocycles. The summed E-state index contributed by atoms with van der Waals surface area (Å²) in [5.74, 6) is 0. The van der Waals surface area contributed by atoms with Crippen molar-refractivity contribution in [2.45, 2.75) is 0 Å². The number of halogens is 1. The lowest BCUT2D eigenvalue weighted by Gasteiger charge is -1.95. The van der Waals surface area contributed by atoms with E-state index in [0.29, 0.717) is 0 Å². The molecule has 2 aromatic carbocycles. The second-order valence-corrected chi connectivity index (χ2v) is 5.07. The van der Waals surface area contributed by atoms with Crippen LogP contribution in [0, 0.1) is 6.07 Å². The second kappa shape index (κ2) is 4.92. The minimum Gasteiger partial charge on any atom is -0.191 e. The van der Waals surface area contributed by atoms with Crippen LogP contribution in [0.25, 0.3) is 21.7 Å². The third kappa shape index (κ3) is 2.30. The van der Waals surface area contributed by atoms with Gasteiger partial charge in [-0.25, -0.2) is 0 Å². The van der Waals surface area contributed by atoms with Gasteiger partial charge in [-0.15, -0.1) is 0 Å². The molecule has 0 bridgehead atoms. The molecule has 0 atom stereocenters. The van der Waals surface area contributed by atoms with E-state index in [0.717, 1.165) is 26.7 Å². The summed E-state index contributed by atoms with van der Waals surface area (Å²) < 4.78 is 4.44. The van der Waals surface area contributed by atoms with Crippen molar-refractivity contribution in [1.82, 2.24) is 4.37 Å². The number of rotatable bonds is 2. The number of hydrogen-bond acceptors (Lipinski definition) is 2. The van der Waals surface area contributed by atoms with Gasteiger partial charge < -0.3 is 0 Å². The average Bonchev–Trinajstić information content (AvgIpc) is 2.90. The highest BCUT2D eigenvalue weighted by molar-refractivity contribution is 7.09. The Labute approximate surface area is 115 Å². The average molecular weight is 271 g/mol. The van der Waals surface area contributed by atoms with Gasteiger partial charge in [0.05, 0.1) is 10.6 Å². The van der Waals surface area contributed by atoms with E-state index in [2.05, 4.69) is 10.4 Å². The van der Waals surface area contributed by atoms with Gasteiger partial charge >= 0.3 is 0 Å². The van der Waals surface area contributed by atoms with Crippen LogP contribution in [0.15, 0.2) is 54.6 Å². The highest BCUT2D eigenvalue weighted by atomic mass is 35.5. The molecule has 0 N–H and O–H groups in total. The highest BCUT2D eigenvalue weighted by Crippen LogP contribution is 2.29. The summed E-state index contributed by atoms with van der Waals surface area (Å²) in [7, 11) is 0. The van der Waals surface area contributed by atoms with E-state index in [1.807, 2.05) is 54.6 Å². The Morgan fingerprint density at radius 2 is 1.61 bits per heavy atom. The molecule has 18 heavy (non-hydrogen) atoms. The molecular formula is C15H9ClNS. The number of benzene rings is 2. The maximum absolute atomic E-state index is 5.88.